The van der Waals surface area contributed by atoms with Crippen molar-refractivity contribution < 1.29 is 17.9 Å². The highest BCUT2D eigenvalue weighted by atomic mass is 19.4. The Hall–Kier alpha value is -2.04. The van der Waals surface area contributed by atoms with Gasteiger partial charge in [-0.25, -0.2) is 4.98 Å². The van der Waals surface area contributed by atoms with Crippen LogP contribution in [0.15, 0.2) is 42.6 Å². The zero-order valence-electron chi connectivity index (χ0n) is 9.53. The number of pyridine rings is 1. The summed E-state index contributed by atoms with van der Waals surface area (Å²) >= 11 is 0. The first kappa shape index (κ1) is 12.4. The zero-order chi connectivity index (χ0) is 13.2. The lowest BCUT2D eigenvalue weighted by Gasteiger charge is -2.13. The minimum Gasteiger partial charge on any atom is -0.481 e. The molecule has 0 aliphatic rings. The molecular weight excluding hydrogens is 243 g/mol. The van der Waals surface area contributed by atoms with Crippen molar-refractivity contribution in [3.8, 4) is 17.0 Å². The van der Waals surface area contributed by atoms with E-state index in [0.717, 1.165) is 6.20 Å². The minimum atomic E-state index is -4.44. The highest BCUT2D eigenvalue weighted by Gasteiger charge is 2.34. The number of alkyl halides is 3. The molecule has 1 aromatic heterocycles. The van der Waals surface area contributed by atoms with Crippen molar-refractivity contribution in [2.75, 3.05) is 7.11 Å². The molecule has 1 aromatic carbocycles. The molecule has 0 bridgehead atoms. The van der Waals surface area contributed by atoms with E-state index in [1.807, 2.05) is 0 Å². The third-order valence-corrected chi connectivity index (χ3v) is 2.48. The summed E-state index contributed by atoms with van der Waals surface area (Å²) in [7, 11) is 1.37. The van der Waals surface area contributed by atoms with Crippen LogP contribution in [-0.4, -0.2) is 12.1 Å². The fourth-order valence-electron chi connectivity index (χ4n) is 1.63. The second kappa shape index (κ2) is 4.68. The monoisotopic (exact) mass is 253 g/mol. The van der Waals surface area contributed by atoms with Gasteiger partial charge in [0.2, 0.25) is 5.88 Å². The molecule has 2 rings (SSSR count). The largest absolute Gasteiger partial charge is 0.481 e. The van der Waals surface area contributed by atoms with E-state index in [-0.39, 0.29) is 11.4 Å². The molecule has 0 radical (unpaired) electrons. The highest BCUT2D eigenvalue weighted by Crippen LogP contribution is 2.37. The van der Waals surface area contributed by atoms with Gasteiger partial charge in [-0.15, -0.1) is 0 Å². The maximum Gasteiger partial charge on any atom is 0.418 e. The van der Waals surface area contributed by atoms with Crippen LogP contribution in [0.2, 0.25) is 0 Å². The molecule has 0 N–H and O–H groups in total. The maximum atomic E-state index is 12.9. The molecule has 2 aromatic rings. The van der Waals surface area contributed by atoms with E-state index >= 15 is 0 Å². The number of methoxy groups -OCH3 is 1. The van der Waals surface area contributed by atoms with E-state index in [4.69, 9.17) is 4.74 Å². The van der Waals surface area contributed by atoms with Crippen LogP contribution in [0.1, 0.15) is 5.56 Å². The fourth-order valence-corrected chi connectivity index (χ4v) is 1.63. The Bertz CT molecular complexity index is 538. The Labute approximate surface area is 102 Å². The SMILES string of the molecule is COc1cc(-c2ccccc2)c(C(F)(F)F)cn1. The molecule has 0 fully saturated rings. The van der Waals surface area contributed by atoms with E-state index in [1.54, 1.807) is 30.3 Å². The standard InChI is InChI=1S/C13H10F3NO/c1-18-12-7-10(9-5-3-2-4-6-9)11(8-17-12)13(14,15)16/h2-8H,1H3. The van der Waals surface area contributed by atoms with E-state index in [1.165, 1.54) is 13.2 Å². The Morgan fingerprint density at radius 2 is 1.78 bits per heavy atom. The van der Waals surface area contributed by atoms with E-state index in [9.17, 15) is 13.2 Å². The summed E-state index contributed by atoms with van der Waals surface area (Å²) in [6.07, 6.45) is -3.65. The number of halogens is 3. The number of nitrogens with zero attached hydrogens (tertiary/aromatic N) is 1. The van der Waals surface area contributed by atoms with Crippen molar-refractivity contribution in [2.45, 2.75) is 6.18 Å². The van der Waals surface area contributed by atoms with Crippen LogP contribution in [0.3, 0.4) is 0 Å². The quantitative estimate of drug-likeness (QED) is 0.812. The van der Waals surface area contributed by atoms with Crippen LogP contribution < -0.4 is 4.74 Å². The topological polar surface area (TPSA) is 22.1 Å². The molecule has 0 saturated heterocycles. The van der Waals surface area contributed by atoms with Gasteiger partial charge in [0.1, 0.15) is 0 Å². The predicted octanol–water partition coefficient (Wildman–Crippen LogP) is 3.78. The highest BCUT2D eigenvalue weighted by molar-refractivity contribution is 5.68. The lowest BCUT2D eigenvalue weighted by Crippen LogP contribution is -2.08. The zero-order valence-corrected chi connectivity index (χ0v) is 9.53. The molecule has 0 unspecified atom stereocenters. The van der Waals surface area contributed by atoms with Gasteiger partial charge in [0, 0.05) is 17.8 Å². The molecular formula is C13H10F3NO. The van der Waals surface area contributed by atoms with Gasteiger partial charge in [-0.2, -0.15) is 13.2 Å². The second-order valence-corrected chi connectivity index (χ2v) is 3.64. The lowest BCUT2D eigenvalue weighted by molar-refractivity contribution is -0.137. The van der Waals surface area contributed by atoms with Crippen LogP contribution in [0.4, 0.5) is 13.2 Å². The molecule has 0 spiro atoms. The van der Waals surface area contributed by atoms with Crippen molar-refractivity contribution in [3.63, 3.8) is 0 Å². The van der Waals surface area contributed by atoms with Gasteiger partial charge < -0.3 is 4.74 Å². The Morgan fingerprint density at radius 3 is 2.33 bits per heavy atom. The average Bonchev–Trinajstić information content (AvgIpc) is 2.38. The van der Waals surface area contributed by atoms with Crippen molar-refractivity contribution in [1.82, 2.24) is 4.98 Å². The Balaban J connectivity index is 2.62. The lowest BCUT2D eigenvalue weighted by atomic mass is 10.0. The molecule has 0 amide bonds. The van der Waals surface area contributed by atoms with E-state index < -0.39 is 11.7 Å². The number of hydrogen-bond acceptors (Lipinski definition) is 2. The smallest absolute Gasteiger partial charge is 0.418 e. The Kier molecular flexibility index (Phi) is 3.23. The summed E-state index contributed by atoms with van der Waals surface area (Å²) in [4.78, 5) is 3.61. The number of aromatic nitrogens is 1. The number of ether oxygens (including phenoxy) is 1. The van der Waals surface area contributed by atoms with Crippen LogP contribution in [0.5, 0.6) is 5.88 Å². The Morgan fingerprint density at radius 1 is 1.11 bits per heavy atom. The molecule has 0 atom stereocenters. The number of benzene rings is 1. The summed E-state index contributed by atoms with van der Waals surface area (Å²) in [5.41, 5.74) is -0.227. The van der Waals surface area contributed by atoms with Crippen LogP contribution in [0, 0.1) is 0 Å². The van der Waals surface area contributed by atoms with Gasteiger partial charge in [-0.1, -0.05) is 30.3 Å². The number of hydrogen-bond donors (Lipinski definition) is 0. The van der Waals surface area contributed by atoms with E-state index in [0.29, 0.717) is 5.56 Å². The predicted molar refractivity (Wildman–Crippen MR) is 61.2 cm³/mol. The van der Waals surface area contributed by atoms with Crippen LogP contribution in [-0.2, 0) is 6.18 Å². The molecule has 2 nitrogen and oxygen atoms in total. The van der Waals surface area contributed by atoms with Gasteiger partial charge in [-0.3, -0.25) is 0 Å². The van der Waals surface area contributed by atoms with Gasteiger partial charge in [0.25, 0.3) is 0 Å². The molecule has 0 aliphatic heterocycles. The van der Waals surface area contributed by atoms with E-state index in [2.05, 4.69) is 4.98 Å². The van der Waals surface area contributed by atoms with Gasteiger partial charge in [0.15, 0.2) is 0 Å². The summed E-state index contributed by atoms with van der Waals surface area (Å²) in [5, 5.41) is 0. The van der Waals surface area contributed by atoms with Crippen molar-refractivity contribution in [3.05, 3.63) is 48.2 Å². The summed E-state index contributed by atoms with van der Waals surface area (Å²) < 4.78 is 43.5. The summed E-state index contributed by atoms with van der Waals surface area (Å²) in [6, 6.07) is 9.63. The summed E-state index contributed by atoms with van der Waals surface area (Å²) in [5.74, 6) is 0.154. The normalized spacial score (nSPS) is 11.3. The molecule has 0 aliphatic carbocycles. The molecule has 0 saturated carbocycles. The second-order valence-electron chi connectivity index (χ2n) is 3.64. The van der Waals surface area contributed by atoms with Crippen molar-refractivity contribution in [1.29, 1.82) is 0 Å². The van der Waals surface area contributed by atoms with Gasteiger partial charge in [-0.05, 0) is 5.56 Å². The van der Waals surface area contributed by atoms with Crippen molar-refractivity contribution >= 4 is 0 Å². The minimum absolute atomic E-state index is 0.0648. The first-order chi connectivity index (χ1) is 8.52. The third-order valence-electron chi connectivity index (χ3n) is 2.48. The van der Waals surface area contributed by atoms with Crippen molar-refractivity contribution in [2.24, 2.45) is 0 Å². The third kappa shape index (κ3) is 2.45. The first-order valence-corrected chi connectivity index (χ1v) is 5.19. The average molecular weight is 253 g/mol. The van der Waals surface area contributed by atoms with Gasteiger partial charge >= 0.3 is 6.18 Å². The van der Waals surface area contributed by atoms with Crippen LogP contribution in [0.25, 0.3) is 11.1 Å². The first-order valence-electron chi connectivity index (χ1n) is 5.19. The molecule has 5 heteroatoms. The molecule has 94 valence electrons. The van der Waals surface area contributed by atoms with Gasteiger partial charge in [0.05, 0.1) is 12.7 Å². The maximum absolute atomic E-state index is 12.9. The molecule has 18 heavy (non-hydrogen) atoms. The summed E-state index contributed by atoms with van der Waals surface area (Å²) in [6.45, 7) is 0. The fraction of sp³-hybridized carbons (Fsp3) is 0.154. The van der Waals surface area contributed by atoms with Crippen LogP contribution >= 0.6 is 0 Å². The molecule has 1 heterocycles. The number of rotatable bonds is 2.